The molecule has 0 spiro atoms. The van der Waals surface area contributed by atoms with Gasteiger partial charge in [-0.2, -0.15) is 0 Å². The third-order valence-corrected chi connectivity index (χ3v) is 4.38. The Bertz CT molecular complexity index is 990. The minimum absolute atomic E-state index is 0.0284. The second-order valence-electron chi connectivity index (χ2n) is 6.30. The van der Waals surface area contributed by atoms with Gasteiger partial charge in [0.25, 0.3) is 0 Å². The maximum Gasteiger partial charge on any atom is 0.355 e. The molecule has 6 nitrogen and oxygen atoms in total. The molecule has 150 valence electrons. The first-order valence-corrected chi connectivity index (χ1v) is 9.30. The Morgan fingerprint density at radius 2 is 1.66 bits per heavy atom. The zero-order chi connectivity index (χ0) is 20.8. The van der Waals surface area contributed by atoms with Gasteiger partial charge in [0.2, 0.25) is 0 Å². The minimum Gasteiger partial charge on any atom is -0.497 e. The van der Waals surface area contributed by atoms with E-state index in [1.807, 2.05) is 60.7 Å². The van der Waals surface area contributed by atoms with Gasteiger partial charge < -0.3 is 18.8 Å². The lowest BCUT2D eigenvalue weighted by Crippen LogP contribution is -2.14. The van der Waals surface area contributed by atoms with E-state index in [1.54, 1.807) is 18.6 Å². The summed E-state index contributed by atoms with van der Waals surface area (Å²) in [6.45, 7) is 3.40. The highest BCUT2D eigenvalue weighted by Crippen LogP contribution is 2.32. The molecule has 0 fully saturated rings. The van der Waals surface area contributed by atoms with Crippen LogP contribution in [0, 0.1) is 0 Å². The topological polar surface area (TPSA) is 66.8 Å². The van der Waals surface area contributed by atoms with E-state index < -0.39 is 11.9 Å². The fourth-order valence-corrected chi connectivity index (χ4v) is 3.11. The number of carbonyl (C=O) groups is 2. The lowest BCUT2D eigenvalue weighted by atomic mass is 10.1. The van der Waals surface area contributed by atoms with Crippen LogP contribution in [0.5, 0.6) is 5.75 Å². The molecular weight excluding hydrogens is 370 g/mol. The van der Waals surface area contributed by atoms with E-state index in [0.29, 0.717) is 22.7 Å². The Kier molecular flexibility index (Phi) is 6.34. The van der Waals surface area contributed by atoms with E-state index in [0.717, 1.165) is 11.3 Å². The maximum atomic E-state index is 12.9. The number of methoxy groups -OCH3 is 1. The highest BCUT2D eigenvalue weighted by molar-refractivity contribution is 5.97. The Morgan fingerprint density at radius 3 is 2.24 bits per heavy atom. The third kappa shape index (κ3) is 4.48. The van der Waals surface area contributed by atoms with E-state index >= 15 is 0 Å². The molecule has 0 aliphatic heterocycles. The summed E-state index contributed by atoms with van der Waals surface area (Å²) in [5.41, 5.74) is 3.35. The summed E-state index contributed by atoms with van der Waals surface area (Å²) in [6.07, 6.45) is 0. The number of carbonyl (C=O) groups excluding carboxylic acids is 2. The molecule has 0 amide bonds. The van der Waals surface area contributed by atoms with Crippen LogP contribution in [0.3, 0.4) is 0 Å². The molecule has 0 aliphatic rings. The van der Waals surface area contributed by atoms with E-state index in [9.17, 15) is 9.59 Å². The Balaban J connectivity index is 2.23. The van der Waals surface area contributed by atoms with Crippen LogP contribution in [-0.4, -0.2) is 30.2 Å². The molecule has 6 heteroatoms. The molecule has 0 saturated carbocycles. The van der Waals surface area contributed by atoms with Gasteiger partial charge in [-0.05, 0) is 42.8 Å². The van der Waals surface area contributed by atoms with Crippen molar-refractivity contribution in [3.8, 4) is 22.6 Å². The number of benzene rings is 2. The van der Waals surface area contributed by atoms with Crippen LogP contribution >= 0.6 is 0 Å². The van der Waals surface area contributed by atoms with Gasteiger partial charge in [0.1, 0.15) is 18.1 Å². The molecule has 3 rings (SSSR count). The highest BCUT2D eigenvalue weighted by Gasteiger charge is 2.25. The summed E-state index contributed by atoms with van der Waals surface area (Å²) < 4.78 is 17.6. The van der Waals surface area contributed by atoms with Crippen LogP contribution < -0.4 is 4.74 Å². The molecule has 29 heavy (non-hydrogen) atoms. The summed E-state index contributed by atoms with van der Waals surface area (Å²) in [7, 11) is 1.59. The van der Waals surface area contributed by atoms with Crippen LogP contribution in [0.4, 0.5) is 0 Å². The van der Waals surface area contributed by atoms with E-state index in [-0.39, 0.29) is 13.2 Å². The Labute approximate surface area is 169 Å². The second kappa shape index (κ2) is 9.10. The van der Waals surface area contributed by atoms with Gasteiger partial charge in [0, 0.05) is 18.2 Å². The van der Waals surface area contributed by atoms with Crippen LogP contribution in [0.2, 0.25) is 0 Å². The fraction of sp³-hybridized carbons (Fsp3) is 0.217. The SMILES string of the molecule is CCOC(=O)c1c(-c2ccccc2)cc(COC(C)=O)n1-c1ccc(OC)cc1. The van der Waals surface area contributed by atoms with E-state index in [1.165, 1.54) is 6.92 Å². The minimum atomic E-state index is -0.448. The van der Waals surface area contributed by atoms with Gasteiger partial charge in [-0.25, -0.2) is 4.79 Å². The van der Waals surface area contributed by atoms with Crippen molar-refractivity contribution in [3.05, 3.63) is 72.1 Å². The zero-order valence-electron chi connectivity index (χ0n) is 16.7. The zero-order valence-corrected chi connectivity index (χ0v) is 16.7. The summed E-state index contributed by atoms with van der Waals surface area (Å²) in [5.74, 6) is -0.147. The number of aromatic nitrogens is 1. The number of nitrogens with zero attached hydrogens (tertiary/aromatic N) is 1. The van der Waals surface area contributed by atoms with Gasteiger partial charge >= 0.3 is 11.9 Å². The molecule has 0 radical (unpaired) electrons. The van der Waals surface area contributed by atoms with Crippen molar-refractivity contribution in [2.24, 2.45) is 0 Å². The number of rotatable bonds is 7. The second-order valence-corrected chi connectivity index (χ2v) is 6.30. The largest absolute Gasteiger partial charge is 0.497 e. The maximum absolute atomic E-state index is 12.9. The lowest BCUT2D eigenvalue weighted by Gasteiger charge is -2.14. The van der Waals surface area contributed by atoms with Crippen molar-refractivity contribution in [3.63, 3.8) is 0 Å². The molecular formula is C23H23NO5. The van der Waals surface area contributed by atoms with E-state index in [2.05, 4.69) is 0 Å². The lowest BCUT2D eigenvalue weighted by molar-refractivity contribution is -0.142. The highest BCUT2D eigenvalue weighted by atomic mass is 16.5. The van der Waals surface area contributed by atoms with Crippen LogP contribution in [0.25, 0.3) is 16.8 Å². The van der Waals surface area contributed by atoms with Gasteiger partial charge in [-0.1, -0.05) is 30.3 Å². The molecule has 0 unspecified atom stereocenters. The molecule has 0 saturated heterocycles. The number of esters is 2. The summed E-state index contributed by atoms with van der Waals surface area (Å²) >= 11 is 0. The van der Waals surface area contributed by atoms with Crippen molar-refractivity contribution in [2.75, 3.05) is 13.7 Å². The van der Waals surface area contributed by atoms with Crippen molar-refractivity contribution in [1.82, 2.24) is 4.57 Å². The average Bonchev–Trinajstić information content (AvgIpc) is 3.13. The Hall–Kier alpha value is -3.54. The normalized spacial score (nSPS) is 10.4. The molecule has 3 aromatic rings. The van der Waals surface area contributed by atoms with Gasteiger partial charge in [0.15, 0.2) is 0 Å². The van der Waals surface area contributed by atoms with Gasteiger partial charge in [0.05, 0.1) is 19.4 Å². The van der Waals surface area contributed by atoms with E-state index in [4.69, 9.17) is 14.2 Å². The molecule has 1 heterocycles. The predicted octanol–water partition coefficient (Wildman–Crippen LogP) is 4.39. The first-order valence-electron chi connectivity index (χ1n) is 9.30. The van der Waals surface area contributed by atoms with Crippen LogP contribution in [0.1, 0.15) is 30.0 Å². The number of ether oxygens (including phenoxy) is 3. The van der Waals surface area contributed by atoms with Gasteiger partial charge in [-0.15, -0.1) is 0 Å². The van der Waals surface area contributed by atoms with Crippen LogP contribution in [0.15, 0.2) is 60.7 Å². The fourth-order valence-electron chi connectivity index (χ4n) is 3.11. The van der Waals surface area contributed by atoms with Crippen molar-refractivity contribution in [2.45, 2.75) is 20.5 Å². The first kappa shape index (κ1) is 20.2. The molecule has 0 aliphatic carbocycles. The number of hydrogen-bond acceptors (Lipinski definition) is 5. The summed E-state index contributed by atoms with van der Waals surface area (Å²) in [5, 5.41) is 0. The summed E-state index contributed by atoms with van der Waals surface area (Å²) in [6, 6.07) is 18.7. The number of hydrogen-bond donors (Lipinski definition) is 0. The van der Waals surface area contributed by atoms with Crippen LogP contribution in [-0.2, 0) is 20.9 Å². The molecule has 1 aromatic heterocycles. The smallest absolute Gasteiger partial charge is 0.355 e. The third-order valence-electron chi connectivity index (χ3n) is 4.38. The molecule has 0 atom stereocenters. The van der Waals surface area contributed by atoms with Gasteiger partial charge in [-0.3, -0.25) is 4.79 Å². The van der Waals surface area contributed by atoms with Crippen molar-refractivity contribution >= 4 is 11.9 Å². The molecule has 0 N–H and O–H groups in total. The molecule has 0 bridgehead atoms. The van der Waals surface area contributed by atoms with Crippen molar-refractivity contribution < 1.29 is 23.8 Å². The summed E-state index contributed by atoms with van der Waals surface area (Å²) in [4.78, 5) is 24.3. The average molecular weight is 393 g/mol. The Morgan fingerprint density at radius 1 is 0.966 bits per heavy atom. The first-order chi connectivity index (χ1) is 14.0. The quantitative estimate of drug-likeness (QED) is 0.557. The standard InChI is InChI=1S/C23H23NO5/c1-4-28-23(26)22-21(17-8-6-5-7-9-17)14-19(15-29-16(2)25)24(22)18-10-12-20(27-3)13-11-18/h5-14H,4,15H2,1-3H3. The van der Waals surface area contributed by atoms with Crippen molar-refractivity contribution in [1.29, 1.82) is 0 Å². The monoisotopic (exact) mass is 393 g/mol. The molecule has 2 aromatic carbocycles. The predicted molar refractivity (Wildman–Crippen MR) is 109 cm³/mol.